The molecule has 0 N–H and O–H groups in total. The largest absolute Gasteiger partial charge is 0.336 e. The van der Waals surface area contributed by atoms with E-state index in [1.807, 2.05) is 4.90 Å². The molecule has 1 aromatic rings. The van der Waals surface area contributed by atoms with Crippen molar-refractivity contribution in [1.29, 1.82) is 0 Å². The van der Waals surface area contributed by atoms with E-state index in [4.69, 9.17) is 0 Å². The van der Waals surface area contributed by atoms with Crippen molar-refractivity contribution < 1.29 is 9.18 Å². The van der Waals surface area contributed by atoms with E-state index in [-0.39, 0.29) is 5.91 Å². The second-order valence-corrected chi connectivity index (χ2v) is 7.52. The Morgan fingerprint density at radius 3 is 2.39 bits per heavy atom. The summed E-state index contributed by atoms with van der Waals surface area (Å²) in [5.74, 6) is -0.496. The summed E-state index contributed by atoms with van der Waals surface area (Å²) in [7, 11) is 4.13. The van der Waals surface area contributed by atoms with Gasteiger partial charge < -0.3 is 9.80 Å². The smallest absolute Gasteiger partial charge is 0.254 e. The first-order valence-electron chi connectivity index (χ1n) is 7.93. The third kappa shape index (κ3) is 4.75. The number of carbonyl (C=O) groups excluding carboxylic acids is 1. The molecule has 0 saturated carbocycles. The van der Waals surface area contributed by atoms with Gasteiger partial charge in [0.2, 0.25) is 0 Å². The Morgan fingerprint density at radius 2 is 1.87 bits per heavy atom. The molecule has 1 heterocycles. The number of hydrogen-bond donors (Lipinski definition) is 0. The van der Waals surface area contributed by atoms with E-state index in [0.717, 1.165) is 13.1 Å². The van der Waals surface area contributed by atoms with Crippen LogP contribution in [-0.2, 0) is 0 Å². The number of halogens is 2. The van der Waals surface area contributed by atoms with Crippen molar-refractivity contribution in [2.24, 2.45) is 0 Å². The van der Waals surface area contributed by atoms with E-state index in [9.17, 15) is 9.18 Å². The SMILES string of the molecule is CC1CN(C(=O)c2cc(F)cc(Br)c2)CC(C)N1CCN(C)C. The summed E-state index contributed by atoms with van der Waals surface area (Å²) in [6.07, 6.45) is 0. The van der Waals surface area contributed by atoms with Crippen LogP contribution in [0.2, 0.25) is 0 Å². The van der Waals surface area contributed by atoms with Gasteiger partial charge in [0.15, 0.2) is 0 Å². The molecule has 1 aliphatic heterocycles. The molecule has 2 atom stereocenters. The lowest BCUT2D eigenvalue weighted by molar-refractivity contribution is 0.0282. The maximum Gasteiger partial charge on any atom is 0.254 e. The van der Waals surface area contributed by atoms with Crippen LogP contribution < -0.4 is 0 Å². The first-order valence-corrected chi connectivity index (χ1v) is 8.73. The minimum absolute atomic E-state index is 0.101. The van der Waals surface area contributed by atoms with Gasteiger partial charge in [-0.15, -0.1) is 0 Å². The second kappa shape index (κ2) is 7.73. The van der Waals surface area contributed by atoms with E-state index in [1.54, 1.807) is 6.07 Å². The molecule has 1 aliphatic rings. The molecule has 128 valence electrons. The lowest BCUT2D eigenvalue weighted by Gasteiger charge is -2.44. The van der Waals surface area contributed by atoms with Gasteiger partial charge in [0.05, 0.1) is 0 Å². The van der Waals surface area contributed by atoms with Gasteiger partial charge in [-0.05, 0) is 46.1 Å². The number of carbonyl (C=O) groups is 1. The number of nitrogens with zero attached hydrogens (tertiary/aromatic N) is 3. The zero-order chi connectivity index (χ0) is 17.1. The monoisotopic (exact) mass is 385 g/mol. The summed E-state index contributed by atoms with van der Waals surface area (Å²) >= 11 is 3.25. The van der Waals surface area contributed by atoms with Crippen LogP contribution in [0.3, 0.4) is 0 Å². The molecule has 1 amide bonds. The molecule has 23 heavy (non-hydrogen) atoms. The van der Waals surface area contributed by atoms with Crippen LogP contribution in [0.1, 0.15) is 24.2 Å². The van der Waals surface area contributed by atoms with Crippen molar-refractivity contribution in [1.82, 2.24) is 14.7 Å². The van der Waals surface area contributed by atoms with Crippen LogP contribution >= 0.6 is 15.9 Å². The number of likely N-dealkylation sites (N-methyl/N-ethyl adjacent to an activating group) is 1. The summed E-state index contributed by atoms with van der Waals surface area (Å²) < 4.78 is 14.1. The average molecular weight is 386 g/mol. The van der Waals surface area contributed by atoms with Crippen molar-refractivity contribution in [3.8, 4) is 0 Å². The molecule has 2 unspecified atom stereocenters. The van der Waals surface area contributed by atoms with Crippen LogP contribution in [0.4, 0.5) is 4.39 Å². The van der Waals surface area contributed by atoms with E-state index >= 15 is 0 Å². The maximum absolute atomic E-state index is 13.5. The topological polar surface area (TPSA) is 26.8 Å². The molecule has 0 spiro atoms. The van der Waals surface area contributed by atoms with Crippen molar-refractivity contribution >= 4 is 21.8 Å². The molecule has 6 heteroatoms. The van der Waals surface area contributed by atoms with Gasteiger partial charge in [0.25, 0.3) is 5.91 Å². The molecular formula is C17H25BrFN3O. The summed E-state index contributed by atoms with van der Waals surface area (Å²) in [5, 5.41) is 0. The highest BCUT2D eigenvalue weighted by molar-refractivity contribution is 9.10. The third-order valence-electron chi connectivity index (χ3n) is 4.30. The maximum atomic E-state index is 13.5. The summed E-state index contributed by atoms with van der Waals surface area (Å²) in [4.78, 5) is 19.1. The zero-order valence-electron chi connectivity index (χ0n) is 14.2. The quantitative estimate of drug-likeness (QED) is 0.796. The molecule has 0 bridgehead atoms. The lowest BCUT2D eigenvalue weighted by atomic mass is 10.1. The second-order valence-electron chi connectivity index (χ2n) is 6.61. The summed E-state index contributed by atoms with van der Waals surface area (Å²) in [6.45, 7) is 7.62. The van der Waals surface area contributed by atoms with Gasteiger partial charge in [0.1, 0.15) is 5.82 Å². The van der Waals surface area contributed by atoms with Gasteiger partial charge in [-0.2, -0.15) is 0 Å². The number of rotatable bonds is 4. The number of benzene rings is 1. The zero-order valence-corrected chi connectivity index (χ0v) is 15.8. The molecule has 0 aliphatic carbocycles. The van der Waals surface area contributed by atoms with Crippen molar-refractivity contribution in [2.75, 3.05) is 40.3 Å². The first-order chi connectivity index (χ1) is 10.8. The Hall–Kier alpha value is -0.980. The highest BCUT2D eigenvalue weighted by Crippen LogP contribution is 2.20. The van der Waals surface area contributed by atoms with Crippen LogP contribution in [-0.4, -0.2) is 73.0 Å². The normalized spacial score (nSPS) is 22.7. The third-order valence-corrected chi connectivity index (χ3v) is 4.76. The Kier molecular flexibility index (Phi) is 6.17. The van der Waals surface area contributed by atoms with Crippen LogP contribution in [0.25, 0.3) is 0 Å². The predicted molar refractivity (Wildman–Crippen MR) is 94.2 cm³/mol. The first kappa shape index (κ1) is 18.4. The molecule has 1 saturated heterocycles. The van der Waals surface area contributed by atoms with E-state index in [0.29, 0.717) is 35.2 Å². The standard InChI is InChI=1S/C17H25BrFN3O/c1-12-10-21(11-13(2)22(12)6-5-20(3)4)17(23)14-7-15(18)9-16(19)8-14/h7-9,12-13H,5-6,10-11H2,1-4H3. The highest BCUT2D eigenvalue weighted by atomic mass is 79.9. The average Bonchev–Trinajstić information content (AvgIpc) is 2.44. The van der Waals surface area contributed by atoms with E-state index in [2.05, 4.69) is 53.7 Å². The predicted octanol–water partition coefficient (Wildman–Crippen LogP) is 2.68. The summed E-state index contributed by atoms with van der Waals surface area (Å²) in [6, 6.07) is 4.93. The van der Waals surface area contributed by atoms with Gasteiger partial charge in [-0.1, -0.05) is 15.9 Å². The number of amides is 1. The molecule has 0 aromatic heterocycles. The fraction of sp³-hybridized carbons (Fsp3) is 0.588. The fourth-order valence-corrected chi connectivity index (χ4v) is 3.60. The van der Waals surface area contributed by atoms with Gasteiger partial charge >= 0.3 is 0 Å². The number of piperazine rings is 1. The van der Waals surface area contributed by atoms with Crippen LogP contribution in [0.15, 0.2) is 22.7 Å². The molecule has 4 nitrogen and oxygen atoms in total. The molecule has 1 fully saturated rings. The minimum atomic E-state index is -0.395. The highest BCUT2D eigenvalue weighted by Gasteiger charge is 2.32. The molecule has 1 aromatic carbocycles. The Labute approximate surface area is 146 Å². The Bertz CT molecular complexity index is 535. The van der Waals surface area contributed by atoms with Gasteiger partial charge in [-0.25, -0.2) is 4.39 Å². The van der Waals surface area contributed by atoms with Crippen LogP contribution in [0.5, 0.6) is 0 Å². The lowest BCUT2D eigenvalue weighted by Crippen LogP contribution is -2.59. The fourth-order valence-electron chi connectivity index (χ4n) is 3.14. The van der Waals surface area contributed by atoms with E-state index < -0.39 is 5.82 Å². The summed E-state index contributed by atoms with van der Waals surface area (Å²) in [5.41, 5.74) is 0.401. The minimum Gasteiger partial charge on any atom is -0.336 e. The number of hydrogen-bond acceptors (Lipinski definition) is 3. The van der Waals surface area contributed by atoms with Crippen molar-refractivity contribution in [3.63, 3.8) is 0 Å². The van der Waals surface area contributed by atoms with Gasteiger partial charge in [0, 0.05) is 48.3 Å². The Balaban J connectivity index is 2.06. The van der Waals surface area contributed by atoms with Crippen molar-refractivity contribution in [3.05, 3.63) is 34.1 Å². The van der Waals surface area contributed by atoms with Crippen LogP contribution in [0, 0.1) is 5.82 Å². The molecule has 0 radical (unpaired) electrons. The molecule has 2 rings (SSSR count). The van der Waals surface area contributed by atoms with E-state index in [1.165, 1.54) is 12.1 Å². The Morgan fingerprint density at radius 1 is 1.26 bits per heavy atom. The van der Waals surface area contributed by atoms with Crippen molar-refractivity contribution in [2.45, 2.75) is 25.9 Å². The molecular weight excluding hydrogens is 361 g/mol. The van der Waals surface area contributed by atoms with Gasteiger partial charge in [-0.3, -0.25) is 9.69 Å².